The number of para-hydroxylation sites is 1. The molecule has 0 radical (unpaired) electrons. The second-order valence-electron chi connectivity index (χ2n) is 6.05. The molecule has 1 N–H and O–H groups in total. The highest BCUT2D eigenvalue weighted by molar-refractivity contribution is 6.31. The van der Waals surface area contributed by atoms with Crippen molar-refractivity contribution in [3.05, 3.63) is 64.9 Å². The molecule has 0 aliphatic heterocycles. The number of rotatable bonds is 4. The molecule has 1 aromatic heterocycles. The van der Waals surface area contributed by atoms with Gasteiger partial charge in [-0.15, -0.1) is 0 Å². The van der Waals surface area contributed by atoms with Crippen LogP contribution >= 0.6 is 11.6 Å². The fourth-order valence-electron chi connectivity index (χ4n) is 2.58. The number of nitrogens with zero attached hydrogens (tertiary/aromatic N) is 1. The van der Waals surface area contributed by atoms with E-state index in [1.54, 1.807) is 30.3 Å². The van der Waals surface area contributed by atoms with E-state index in [2.05, 4.69) is 5.32 Å². The summed E-state index contributed by atoms with van der Waals surface area (Å²) in [5, 5.41) is 2.59. The van der Waals surface area contributed by atoms with Gasteiger partial charge in [0.1, 0.15) is 5.58 Å². The SMILES string of the molecule is CN(CC(=O)Nc1ccc(Cl)c(C(F)(F)F)c1)C(=O)c1cc2ccccc2o1. The summed E-state index contributed by atoms with van der Waals surface area (Å²) in [5.74, 6) is -1.14. The largest absolute Gasteiger partial charge is 0.451 e. The third-order valence-electron chi connectivity index (χ3n) is 3.92. The first-order valence-corrected chi connectivity index (χ1v) is 8.43. The Morgan fingerprint density at radius 2 is 1.86 bits per heavy atom. The van der Waals surface area contributed by atoms with Gasteiger partial charge in [-0.25, -0.2) is 0 Å². The van der Waals surface area contributed by atoms with Crippen LogP contribution in [0.4, 0.5) is 18.9 Å². The molecular formula is C19H14ClF3N2O3. The first-order valence-electron chi connectivity index (χ1n) is 8.06. The van der Waals surface area contributed by atoms with Gasteiger partial charge < -0.3 is 14.6 Å². The average molecular weight is 411 g/mol. The molecule has 2 amide bonds. The number of alkyl halides is 3. The number of fused-ring (bicyclic) bond motifs is 1. The van der Waals surface area contributed by atoms with Gasteiger partial charge in [-0.05, 0) is 30.3 Å². The van der Waals surface area contributed by atoms with E-state index in [1.807, 2.05) is 0 Å². The number of anilines is 1. The zero-order valence-electron chi connectivity index (χ0n) is 14.5. The topological polar surface area (TPSA) is 62.6 Å². The van der Waals surface area contributed by atoms with Crippen LogP contribution in [0.25, 0.3) is 11.0 Å². The van der Waals surface area contributed by atoms with Gasteiger partial charge in [-0.2, -0.15) is 13.2 Å². The number of halogens is 4. The zero-order chi connectivity index (χ0) is 20.5. The second kappa shape index (κ2) is 7.55. The monoisotopic (exact) mass is 410 g/mol. The molecular weight excluding hydrogens is 397 g/mol. The molecule has 0 bridgehead atoms. The molecule has 0 fully saturated rings. The molecule has 146 valence electrons. The van der Waals surface area contributed by atoms with Crippen LogP contribution < -0.4 is 5.32 Å². The van der Waals surface area contributed by atoms with E-state index in [0.717, 1.165) is 22.4 Å². The standard InChI is InChI=1S/C19H14ClF3N2O3/c1-25(18(27)16-8-11-4-2-3-5-15(11)28-16)10-17(26)24-12-6-7-14(20)13(9-12)19(21,22)23/h2-9H,10H2,1H3,(H,24,26). The molecule has 0 atom stereocenters. The van der Waals surface area contributed by atoms with Crippen molar-refractivity contribution in [2.24, 2.45) is 0 Å². The number of carbonyl (C=O) groups is 2. The summed E-state index contributed by atoms with van der Waals surface area (Å²) < 4.78 is 44.1. The van der Waals surface area contributed by atoms with E-state index in [4.69, 9.17) is 16.0 Å². The van der Waals surface area contributed by atoms with Crippen LogP contribution in [0.5, 0.6) is 0 Å². The lowest BCUT2D eigenvalue weighted by Crippen LogP contribution is -2.34. The Morgan fingerprint density at radius 1 is 1.14 bits per heavy atom. The second-order valence-corrected chi connectivity index (χ2v) is 6.46. The number of hydrogen-bond donors (Lipinski definition) is 1. The Kier molecular flexibility index (Phi) is 5.33. The molecule has 1 heterocycles. The van der Waals surface area contributed by atoms with Crippen LogP contribution in [0.1, 0.15) is 16.1 Å². The van der Waals surface area contributed by atoms with Gasteiger partial charge in [-0.3, -0.25) is 9.59 Å². The number of benzene rings is 2. The summed E-state index contributed by atoms with van der Waals surface area (Å²) in [6, 6.07) is 11.6. The number of carbonyl (C=O) groups excluding carboxylic acids is 2. The lowest BCUT2D eigenvalue weighted by Gasteiger charge is -2.16. The van der Waals surface area contributed by atoms with Crippen LogP contribution in [-0.2, 0) is 11.0 Å². The molecule has 0 saturated heterocycles. The van der Waals surface area contributed by atoms with Crippen molar-refractivity contribution in [3.63, 3.8) is 0 Å². The third kappa shape index (κ3) is 4.28. The number of likely N-dealkylation sites (N-methyl/N-ethyl adjacent to an activating group) is 1. The van der Waals surface area contributed by atoms with E-state index < -0.39 is 28.6 Å². The average Bonchev–Trinajstić information content (AvgIpc) is 3.05. The molecule has 0 spiro atoms. The van der Waals surface area contributed by atoms with Gasteiger partial charge in [0.2, 0.25) is 5.91 Å². The van der Waals surface area contributed by atoms with E-state index in [9.17, 15) is 22.8 Å². The molecule has 9 heteroatoms. The van der Waals surface area contributed by atoms with Crippen molar-refractivity contribution in [2.75, 3.05) is 18.9 Å². The number of nitrogens with one attached hydrogen (secondary N) is 1. The molecule has 0 unspecified atom stereocenters. The van der Waals surface area contributed by atoms with Crippen molar-refractivity contribution < 1.29 is 27.2 Å². The van der Waals surface area contributed by atoms with Gasteiger partial charge in [0, 0.05) is 18.1 Å². The highest BCUT2D eigenvalue weighted by Crippen LogP contribution is 2.36. The summed E-state index contributed by atoms with van der Waals surface area (Å²) in [4.78, 5) is 25.7. The van der Waals surface area contributed by atoms with E-state index >= 15 is 0 Å². The summed E-state index contributed by atoms with van der Waals surface area (Å²) in [5.41, 5.74) is -0.602. The van der Waals surface area contributed by atoms with Crippen LogP contribution in [0.2, 0.25) is 5.02 Å². The van der Waals surface area contributed by atoms with Crippen molar-refractivity contribution in [1.82, 2.24) is 4.90 Å². The maximum atomic E-state index is 12.9. The Labute approximate surface area is 162 Å². The van der Waals surface area contributed by atoms with Gasteiger partial charge in [0.05, 0.1) is 17.1 Å². The molecule has 0 aliphatic carbocycles. The molecule has 28 heavy (non-hydrogen) atoms. The molecule has 0 saturated carbocycles. The maximum absolute atomic E-state index is 12.9. The van der Waals surface area contributed by atoms with Gasteiger partial charge >= 0.3 is 6.18 Å². The van der Waals surface area contributed by atoms with Crippen molar-refractivity contribution in [3.8, 4) is 0 Å². The van der Waals surface area contributed by atoms with Gasteiger partial charge in [0.15, 0.2) is 5.76 Å². The quantitative estimate of drug-likeness (QED) is 0.671. The fourth-order valence-corrected chi connectivity index (χ4v) is 2.81. The lowest BCUT2D eigenvalue weighted by atomic mass is 10.2. The normalized spacial score (nSPS) is 11.5. The molecule has 2 aromatic carbocycles. The summed E-state index contributed by atoms with van der Waals surface area (Å²) in [7, 11) is 1.39. The van der Waals surface area contributed by atoms with E-state index in [0.29, 0.717) is 5.58 Å². The van der Waals surface area contributed by atoms with Gasteiger partial charge in [0.25, 0.3) is 5.91 Å². The molecule has 3 rings (SSSR count). The van der Waals surface area contributed by atoms with Crippen LogP contribution in [0.15, 0.2) is 52.9 Å². The highest BCUT2D eigenvalue weighted by Gasteiger charge is 2.33. The van der Waals surface area contributed by atoms with Crippen LogP contribution in [0.3, 0.4) is 0 Å². The third-order valence-corrected chi connectivity index (χ3v) is 4.25. The lowest BCUT2D eigenvalue weighted by molar-refractivity contribution is -0.137. The molecule has 0 aliphatic rings. The van der Waals surface area contributed by atoms with Crippen molar-refractivity contribution >= 4 is 40.1 Å². The molecule has 5 nitrogen and oxygen atoms in total. The number of furan rings is 1. The Balaban J connectivity index is 1.68. The fraction of sp³-hybridized carbons (Fsp3) is 0.158. The van der Waals surface area contributed by atoms with Crippen molar-refractivity contribution in [2.45, 2.75) is 6.18 Å². The Morgan fingerprint density at radius 3 is 2.54 bits per heavy atom. The summed E-state index contributed by atoms with van der Waals surface area (Å²) in [6.45, 7) is -0.375. The van der Waals surface area contributed by atoms with Crippen molar-refractivity contribution in [1.29, 1.82) is 0 Å². The smallest absolute Gasteiger partial charge is 0.417 e. The summed E-state index contributed by atoms with van der Waals surface area (Å²) >= 11 is 5.55. The number of amides is 2. The minimum absolute atomic E-state index is 0.0577. The van der Waals surface area contributed by atoms with E-state index in [1.165, 1.54) is 13.1 Å². The van der Waals surface area contributed by atoms with Crippen LogP contribution in [0, 0.1) is 0 Å². The maximum Gasteiger partial charge on any atom is 0.417 e. The van der Waals surface area contributed by atoms with E-state index in [-0.39, 0.29) is 18.0 Å². The number of hydrogen-bond acceptors (Lipinski definition) is 3. The van der Waals surface area contributed by atoms with Gasteiger partial charge in [-0.1, -0.05) is 29.8 Å². The first-order chi connectivity index (χ1) is 13.1. The predicted octanol–water partition coefficient (Wildman–Crippen LogP) is 4.82. The summed E-state index contributed by atoms with van der Waals surface area (Å²) in [6.07, 6.45) is -4.65. The predicted molar refractivity (Wildman–Crippen MR) is 98.3 cm³/mol. The van der Waals surface area contributed by atoms with Crippen LogP contribution in [-0.4, -0.2) is 30.3 Å². The minimum Gasteiger partial charge on any atom is -0.451 e. The Bertz CT molecular complexity index is 1010. The first kappa shape index (κ1) is 19.8. The zero-order valence-corrected chi connectivity index (χ0v) is 15.3. The molecule has 3 aromatic rings. The highest BCUT2D eigenvalue weighted by atomic mass is 35.5. The minimum atomic E-state index is -4.65. The Hall–Kier alpha value is -3.00.